The van der Waals surface area contributed by atoms with Crippen LogP contribution in [-0.2, 0) is 14.3 Å². The molecule has 2 aliphatic heterocycles. The molecular formula is C22H30N2O3. The number of likely N-dealkylation sites (tertiary alicyclic amines) is 1. The van der Waals surface area contributed by atoms with E-state index in [1.54, 1.807) is 4.90 Å². The van der Waals surface area contributed by atoms with Crippen LogP contribution in [-0.4, -0.2) is 60.5 Å². The first kappa shape index (κ1) is 19.6. The summed E-state index contributed by atoms with van der Waals surface area (Å²) in [6, 6.07) is 10.0. The van der Waals surface area contributed by atoms with Crippen molar-refractivity contribution < 1.29 is 14.3 Å². The van der Waals surface area contributed by atoms with E-state index in [4.69, 9.17) is 4.74 Å². The van der Waals surface area contributed by atoms with Gasteiger partial charge < -0.3 is 14.5 Å². The van der Waals surface area contributed by atoms with E-state index in [0.29, 0.717) is 26.1 Å². The van der Waals surface area contributed by atoms with E-state index in [1.165, 1.54) is 0 Å². The molecule has 0 spiro atoms. The Morgan fingerprint density at radius 2 is 2.11 bits per heavy atom. The molecule has 0 saturated carbocycles. The van der Waals surface area contributed by atoms with Crippen LogP contribution >= 0.6 is 0 Å². The molecule has 5 nitrogen and oxygen atoms in total. The Balaban J connectivity index is 1.62. The fraction of sp³-hybridized carbons (Fsp3) is 0.545. The SMILES string of the molecule is CC1(C)CC(=O)N(CC(=O)N(CC=Cc2ccccc2)CC2CCCO2)C1. The van der Waals surface area contributed by atoms with E-state index in [-0.39, 0.29) is 29.9 Å². The molecule has 2 amide bonds. The Morgan fingerprint density at radius 3 is 2.74 bits per heavy atom. The minimum atomic E-state index is -0.0516. The lowest BCUT2D eigenvalue weighted by atomic mass is 9.93. The van der Waals surface area contributed by atoms with Crippen LogP contribution in [0.25, 0.3) is 6.08 Å². The maximum atomic E-state index is 12.9. The fourth-order valence-electron chi connectivity index (χ4n) is 3.78. The molecule has 146 valence electrons. The molecule has 1 unspecified atom stereocenters. The first-order valence-electron chi connectivity index (χ1n) is 9.82. The summed E-state index contributed by atoms with van der Waals surface area (Å²) in [6.07, 6.45) is 6.69. The van der Waals surface area contributed by atoms with E-state index < -0.39 is 0 Å². The number of rotatable bonds is 7. The van der Waals surface area contributed by atoms with Crippen molar-refractivity contribution in [3.05, 3.63) is 42.0 Å². The van der Waals surface area contributed by atoms with Crippen LogP contribution in [0.5, 0.6) is 0 Å². The van der Waals surface area contributed by atoms with Gasteiger partial charge >= 0.3 is 0 Å². The Morgan fingerprint density at radius 1 is 1.33 bits per heavy atom. The van der Waals surface area contributed by atoms with Gasteiger partial charge in [-0.05, 0) is 23.8 Å². The summed E-state index contributed by atoms with van der Waals surface area (Å²) in [5, 5.41) is 0. The quantitative estimate of drug-likeness (QED) is 0.741. The smallest absolute Gasteiger partial charge is 0.242 e. The molecule has 2 heterocycles. The average Bonchev–Trinajstić information content (AvgIpc) is 3.22. The van der Waals surface area contributed by atoms with Gasteiger partial charge in [0.05, 0.1) is 12.6 Å². The van der Waals surface area contributed by atoms with Gasteiger partial charge in [-0.15, -0.1) is 0 Å². The normalized spacial score (nSPS) is 21.9. The van der Waals surface area contributed by atoms with Crippen molar-refractivity contribution in [2.24, 2.45) is 5.41 Å². The van der Waals surface area contributed by atoms with Crippen LogP contribution in [0.3, 0.4) is 0 Å². The predicted octanol–water partition coefficient (Wildman–Crippen LogP) is 2.97. The standard InChI is InChI=1S/C22H30N2O3/c1-22(2)14-20(25)24(17-22)16-21(26)23(15-19-11-7-13-27-19)12-6-10-18-8-4-3-5-9-18/h3-6,8-10,19H,7,11-17H2,1-2H3. The highest BCUT2D eigenvalue weighted by molar-refractivity contribution is 5.86. The van der Waals surface area contributed by atoms with Gasteiger partial charge in [-0.3, -0.25) is 9.59 Å². The van der Waals surface area contributed by atoms with Crippen LogP contribution in [0.2, 0.25) is 0 Å². The van der Waals surface area contributed by atoms with E-state index >= 15 is 0 Å². The lowest BCUT2D eigenvalue weighted by Crippen LogP contribution is -2.44. The third kappa shape index (κ3) is 5.67. The molecule has 0 radical (unpaired) electrons. The summed E-state index contributed by atoms with van der Waals surface area (Å²) < 4.78 is 5.72. The van der Waals surface area contributed by atoms with Gasteiger partial charge in [0.15, 0.2) is 0 Å². The monoisotopic (exact) mass is 370 g/mol. The number of hydrogen-bond donors (Lipinski definition) is 0. The van der Waals surface area contributed by atoms with E-state index in [2.05, 4.69) is 13.8 Å². The lowest BCUT2D eigenvalue weighted by Gasteiger charge is -2.27. The maximum Gasteiger partial charge on any atom is 0.242 e. The summed E-state index contributed by atoms with van der Waals surface area (Å²) >= 11 is 0. The van der Waals surface area contributed by atoms with Gasteiger partial charge in [0.2, 0.25) is 11.8 Å². The predicted molar refractivity (Wildman–Crippen MR) is 106 cm³/mol. The minimum Gasteiger partial charge on any atom is -0.376 e. The number of hydrogen-bond acceptors (Lipinski definition) is 3. The van der Waals surface area contributed by atoms with Crippen molar-refractivity contribution in [3.63, 3.8) is 0 Å². The first-order valence-corrected chi connectivity index (χ1v) is 9.82. The number of carbonyl (C=O) groups excluding carboxylic acids is 2. The molecule has 5 heteroatoms. The van der Waals surface area contributed by atoms with Crippen LogP contribution in [0.15, 0.2) is 36.4 Å². The molecular weight excluding hydrogens is 340 g/mol. The summed E-state index contributed by atoms with van der Waals surface area (Å²) in [5.74, 6) is 0.0690. The molecule has 1 atom stereocenters. The highest BCUT2D eigenvalue weighted by Gasteiger charge is 2.37. The van der Waals surface area contributed by atoms with Gasteiger partial charge in [0.1, 0.15) is 0 Å². The Kier molecular flexibility index (Phi) is 6.32. The topological polar surface area (TPSA) is 49.9 Å². The van der Waals surface area contributed by atoms with E-state index in [9.17, 15) is 9.59 Å². The second-order valence-corrected chi connectivity index (χ2v) is 8.34. The number of ether oxygens (including phenoxy) is 1. The number of nitrogens with zero attached hydrogens (tertiary/aromatic N) is 2. The summed E-state index contributed by atoms with van der Waals surface area (Å²) in [5.41, 5.74) is 1.06. The number of amides is 2. The van der Waals surface area contributed by atoms with Crippen molar-refractivity contribution in [2.75, 3.05) is 32.8 Å². The Hall–Kier alpha value is -2.14. The van der Waals surface area contributed by atoms with Gasteiger partial charge in [-0.1, -0.05) is 56.3 Å². The van der Waals surface area contributed by atoms with Crippen LogP contribution in [0.4, 0.5) is 0 Å². The van der Waals surface area contributed by atoms with Crippen LogP contribution < -0.4 is 0 Å². The maximum absolute atomic E-state index is 12.9. The molecule has 3 rings (SSSR count). The molecule has 0 N–H and O–H groups in total. The van der Waals surface area contributed by atoms with Crippen LogP contribution in [0.1, 0.15) is 38.7 Å². The van der Waals surface area contributed by atoms with Crippen molar-refractivity contribution in [3.8, 4) is 0 Å². The molecule has 0 aromatic heterocycles. The average molecular weight is 370 g/mol. The summed E-state index contributed by atoms with van der Waals surface area (Å²) in [4.78, 5) is 28.7. The van der Waals surface area contributed by atoms with Gasteiger partial charge in [0, 0.05) is 32.7 Å². The summed E-state index contributed by atoms with van der Waals surface area (Å²) in [6.45, 7) is 6.83. The van der Waals surface area contributed by atoms with Gasteiger partial charge in [-0.2, -0.15) is 0 Å². The first-order chi connectivity index (χ1) is 12.9. The second-order valence-electron chi connectivity index (χ2n) is 8.34. The number of benzene rings is 1. The molecule has 1 aromatic carbocycles. The second kappa shape index (κ2) is 8.70. The lowest BCUT2D eigenvalue weighted by molar-refractivity contribution is -0.138. The highest BCUT2D eigenvalue weighted by Crippen LogP contribution is 2.29. The highest BCUT2D eigenvalue weighted by atomic mass is 16.5. The zero-order valence-electron chi connectivity index (χ0n) is 16.4. The largest absolute Gasteiger partial charge is 0.376 e. The third-order valence-corrected chi connectivity index (χ3v) is 5.16. The van der Waals surface area contributed by atoms with Gasteiger partial charge in [-0.25, -0.2) is 0 Å². The Labute approximate surface area is 162 Å². The summed E-state index contributed by atoms with van der Waals surface area (Å²) in [7, 11) is 0. The molecule has 1 aromatic rings. The van der Waals surface area contributed by atoms with Crippen molar-refractivity contribution in [1.29, 1.82) is 0 Å². The molecule has 2 saturated heterocycles. The minimum absolute atomic E-state index is 0.00531. The molecule has 0 aliphatic carbocycles. The third-order valence-electron chi connectivity index (χ3n) is 5.16. The molecule has 0 bridgehead atoms. The molecule has 2 aliphatic rings. The molecule has 27 heavy (non-hydrogen) atoms. The fourth-order valence-corrected chi connectivity index (χ4v) is 3.78. The van der Waals surface area contributed by atoms with Crippen molar-refractivity contribution >= 4 is 17.9 Å². The van der Waals surface area contributed by atoms with E-state index in [1.807, 2.05) is 47.4 Å². The molecule has 2 fully saturated rings. The zero-order chi connectivity index (χ0) is 19.3. The van der Waals surface area contributed by atoms with Crippen LogP contribution in [0, 0.1) is 5.41 Å². The van der Waals surface area contributed by atoms with Crippen molar-refractivity contribution in [2.45, 2.75) is 39.2 Å². The van der Waals surface area contributed by atoms with E-state index in [0.717, 1.165) is 25.0 Å². The van der Waals surface area contributed by atoms with Crippen molar-refractivity contribution in [1.82, 2.24) is 9.80 Å². The van der Waals surface area contributed by atoms with Gasteiger partial charge in [0.25, 0.3) is 0 Å². The zero-order valence-corrected chi connectivity index (χ0v) is 16.4. The Bertz CT molecular complexity index is 678. The number of carbonyl (C=O) groups is 2.